The van der Waals surface area contributed by atoms with Crippen LogP contribution in [0.1, 0.15) is 41.5 Å². The van der Waals surface area contributed by atoms with Gasteiger partial charge in [-0.25, -0.2) is 14.4 Å². The summed E-state index contributed by atoms with van der Waals surface area (Å²) in [6, 6.07) is 4.26. The molecular weight excluding hydrogens is 438 g/mol. The Bertz CT molecular complexity index is 977. The minimum Gasteiger partial charge on any atom is -0.478 e. The summed E-state index contributed by atoms with van der Waals surface area (Å²) in [4.78, 5) is 40.2. The van der Waals surface area contributed by atoms with Crippen LogP contribution in [0.2, 0.25) is 0 Å². The zero-order valence-electron chi connectivity index (χ0n) is 20.8. The Morgan fingerprint density at radius 3 is 2.15 bits per heavy atom. The molecule has 0 heterocycles. The molecule has 1 aromatic carbocycles. The van der Waals surface area contributed by atoms with E-state index in [4.69, 9.17) is 4.74 Å². The van der Waals surface area contributed by atoms with Gasteiger partial charge in [-0.05, 0) is 51.6 Å². The maximum atomic E-state index is 12.0. The van der Waals surface area contributed by atoms with Crippen LogP contribution in [0.25, 0.3) is 0 Å². The van der Waals surface area contributed by atoms with Gasteiger partial charge in [0.15, 0.2) is 0 Å². The average Bonchev–Trinajstić information content (AvgIpc) is 2.73. The van der Waals surface area contributed by atoms with E-state index in [-0.39, 0.29) is 22.9 Å². The van der Waals surface area contributed by atoms with Gasteiger partial charge >= 0.3 is 18.0 Å². The number of carbonyl (C=O) groups excluding carboxylic acids is 1. The largest absolute Gasteiger partial charge is 0.478 e. The van der Waals surface area contributed by atoms with Crippen LogP contribution in [0.5, 0.6) is 0 Å². The van der Waals surface area contributed by atoms with E-state index >= 15 is 0 Å². The molecule has 0 atom stereocenters. The third kappa shape index (κ3) is 8.74. The van der Waals surface area contributed by atoms with Gasteiger partial charge < -0.3 is 29.6 Å². The standard InChI is InChI=1S/C25H35N3O6/c1-17(16-26(6)14-15-27(7)24(33)34-25(3,4)5)12-13-18(2)28(8)20-11-9-10-19(22(29)30)21(20)23(31)32/h9-13H,1-2,14-16H2,3-8H3,(H,29,30)(H,31,32)/b13-12-. The Hall–Kier alpha value is -3.59. The molecule has 0 fully saturated rings. The zero-order chi connectivity index (χ0) is 26.2. The highest BCUT2D eigenvalue weighted by Gasteiger charge is 2.22. The summed E-state index contributed by atoms with van der Waals surface area (Å²) >= 11 is 0. The Kier molecular flexibility index (Phi) is 10.1. The predicted octanol–water partition coefficient (Wildman–Crippen LogP) is 3.94. The molecule has 9 heteroatoms. The number of benzene rings is 1. The number of carboxylic acids is 2. The fraction of sp³-hybridized carbons (Fsp3) is 0.400. The summed E-state index contributed by atoms with van der Waals surface area (Å²) in [5, 5.41) is 18.8. The molecule has 0 bridgehead atoms. The van der Waals surface area contributed by atoms with Crippen molar-refractivity contribution >= 4 is 23.7 Å². The van der Waals surface area contributed by atoms with Gasteiger partial charge in [0.2, 0.25) is 0 Å². The monoisotopic (exact) mass is 473 g/mol. The molecule has 0 radical (unpaired) electrons. The SMILES string of the molecule is C=C(/C=C\C(=C)N(C)c1cccc(C(=O)O)c1C(=O)O)CN(C)CCN(C)C(=O)OC(C)(C)C. The van der Waals surface area contributed by atoms with E-state index in [1.165, 1.54) is 28.0 Å². The van der Waals surface area contributed by atoms with Crippen molar-refractivity contribution in [2.24, 2.45) is 0 Å². The van der Waals surface area contributed by atoms with Crippen molar-refractivity contribution in [3.05, 3.63) is 65.9 Å². The number of anilines is 1. The normalized spacial score (nSPS) is 11.4. The molecule has 1 aromatic rings. The predicted molar refractivity (Wildman–Crippen MR) is 133 cm³/mol. The third-order valence-corrected chi connectivity index (χ3v) is 4.79. The number of amides is 1. The second kappa shape index (κ2) is 12.0. The van der Waals surface area contributed by atoms with Crippen LogP contribution < -0.4 is 4.90 Å². The number of hydrogen-bond donors (Lipinski definition) is 2. The molecule has 0 aliphatic carbocycles. The molecule has 9 nitrogen and oxygen atoms in total. The summed E-state index contributed by atoms with van der Waals surface area (Å²) < 4.78 is 5.34. The number of carboxylic acid groups (broad SMARTS) is 2. The van der Waals surface area contributed by atoms with Crippen molar-refractivity contribution in [2.75, 3.05) is 45.7 Å². The number of nitrogens with zero attached hydrogens (tertiary/aromatic N) is 3. The molecule has 34 heavy (non-hydrogen) atoms. The maximum Gasteiger partial charge on any atom is 0.410 e. The van der Waals surface area contributed by atoms with E-state index in [1.807, 2.05) is 32.7 Å². The molecular formula is C25H35N3O6. The van der Waals surface area contributed by atoms with Gasteiger partial charge in [0.05, 0.1) is 16.8 Å². The lowest BCUT2D eigenvalue weighted by Gasteiger charge is -2.26. The van der Waals surface area contributed by atoms with Gasteiger partial charge in [0, 0.05) is 39.4 Å². The highest BCUT2D eigenvalue weighted by molar-refractivity contribution is 6.06. The number of carbonyl (C=O) groups is 3. The van der Waals surface area contributed by atoms with Gasteiger partial charge in [0.1, 0.15) is 5.60 Å². The fourth-order valence-corrected chi connectivity index (χ4v) is 2.93. The van der Waals surface area contributed by atoms with Crippen LogP contribution in [0.4, 0.5) is 10.5 Å². The minimum absolute atomic E-state index is 0.218. The summed E-state index contributed by atoms with van der Waals surface area (Å²) in [6.07, 6.45) is 3.06. The van der Waals surface area contributed by atoms with Gasteiger partial charge in [-0.1, -0.05) is 25.3 Å². The lowest BCUT2D eigenvalue weighted by molar-refractivity contribution is 0.0288. The highest BCUT2D eigenvalue weighted by Crippen LogP contribution is 2.26. The molecule has 0 aromatic heterocycles. The van der Waals surface area contributed by atoms with Crippen LogP contribution in [0.15, 0.2) is 54.8 Å². The number of rotatable bonds is 11. The summed E-state index contributed by atoms with van der Waals surface area (Å²) in [5.74, 6) is -2.65. The highest BCUT2D eigenvalue weighted by atomic mass is 16.6. The van der Waals surface area contributed by atoms with Crippen molar-refractivity contribution in [3.8, 4) is 0 Å². The van der Waals surface area contributed by atoms with Gasteiger partial charge in [-0.15, -0.1) is 0 Å². The zero-order valence-corrected chi connectivity index (χ0v) is 20.8. The van der Waals surface area contributed by atoms with Gasteiger partial charge in [0.25, 0.3) is 0 Å². The molecule has 1 amide bonds. The molecule has 0 unspecified atom stereocenters. The lowest BCUT2D eigenvalue weighted by atomic mass is 10.0. The molecule has 0 spiro atoms. The number of aromatic carboxylic acids is 2. The number of likely N-dealkylation sites (N-methyl/N-ethyl adjacent to an activating group) is 3. The van der Waals surface area contributed by atoms with Gasteiger partial charge in [-0.3, -0.25) is 0 Å². The first-order valence-corrected chi connectivity index (χ1v) is 10.6. The van der Waals surface area contributed by atoms with Crippen LogP contribution in [0.3, 0.4) is 0 Å². The first kappa shape index (κ1) is 28.4. The summed E-state index contributed by atoms with van der Waals surface area (Å²) in [7, 11) is 5.20. The van der Waals surface area contributed by atoms with E-state index in [9.17, 15) is 24.6 Å². The summed E-state index contributed by atoms with van der Waals surface area (Å²) in [5.41, 5.74) is 0.297. The number of allylic oxidation sites excluding steroid dienone is 1. The van der Waals surface area contributed by atoms with Crippen LogP contribution in [-0.2, 0) is 4.74 Å². The van der Waals surface area contributed by atoms with E-state index < -0.39 is 17.5 Å². The van der Waals surface area contributed by atoms with Gasteiger partial charge in [-0.2, -0.15) is 0 Å². The van der Waals surface area contributed by atoms with Crippen molar-refractivity contribution < 1.29 is 29.3 Å². The number of hydrogen-bond acceptors (Lipinski definition) is 6. The first-order valence-electron chi connectivity index (χ1n) is 10.6. The second-order valence-corrected chi connectivity index (χ2v) is 8.99. The minimum atomic E-state index is -1.33. The molecule has 0 saturated carbocycles. The van der Waals surface area contributed by atoms with Crippen molar-refractivity contribution in [1.29, 1.82) is 0 Å². The summed E-state index contributed by atoms with van der Waals surface area (Å²) in [6.45, 7) is 15.0. The fourth-order valence-electron chi connectivity index (χ4n) is 2.93. The molecule has 1 rings (SSSR count). The topological polar surface area (TPSA) is 111 Å². The Balaban J connectivity index is 2.73. The van der Waals surface area contributed by atoms with E-state index in [2.05, 4.69) is 13.2 Å². The molecule has 0 aliphatic rings. The van der Waals surface area contributed by atoms with Crippen LogP contribution >= 0.6 is 0 Å². The Labute approximate surface area is 201 Å². The lowest BCUT2D eigenvalue weighted by Crippen LogP contribution is -2.38. The van der Waals surface area contributed by atoms with Crippen LogP contribution in [-0.4, -0.2) is 84.4 Å². The molecule has 0 saturated heterocycles. The molecule has 2 N–H and O–H groups in total. The first-order chi connectivity index (χ1) is 15.6. The van der Waals surface area contributed by atoms with Crippen molar-refractivity contribution in [3.63, 3.8) is 0 Å². The Morgan fingerprint density at radius 2 is 1.62 bits per heavy atom. The van der Waals surface area contributed by atoms with Crippen molar-refractivity contribution in [1.82, 2.24) is 9.80 Å². The molecule has 186 valence electrons. The third-order valence-electron chi connectivity index (χ3n) is 4.79. The number of ether oxygens (including phenoxy) is 1. The maximum absolute atomic E-state index is 12.0. The van der Waals surface area contributed by atoms with E-state index in [1.54, 1.807) is 26.2 Å². The van der Waals surface area contributed by atoms with Crippen LogP contribution in [0, 0.1) is 0 Å². The molecule has 0 aliphatic heterocycles. The average molecular weight is 474 g/mol. The van der Waals surface area contributed by atoms with E-state index in [0.29, 0.717) is 25.3 Å². The smallest absolute Gasteiger partial charge is 0.410 e. The van der Waals surface area contributed by atoms with E-state index in [0.717, 1.165) is 5.57 Å². The Morgan fingerprint density at radius 1 is 1.00 bits per heavy atom. The second-order valence-electron chi connectivity index (χ2n) is 8.99. The quantitative estimate of drug-likeness (QED) is 0.465. The van der Waals surface area contributed by atoms with Crippen molar-refractivity contribution in [2.45, 2.75) is 26.4 Å².